The van der Waals surface area contributed by atoms with Crippen molar-refractivity contribution in [3.63, 3.8) is 0 Å². The van der Waals surface area contributed by atoms with Gasteiger partial charge in [-0.25, -0.2) is 4.39 Å². The lowest BCUT2D eigenvalue weighted by atomic mass is 10.3. The monoisotopic (exact) mass is 382 g/mol. The fourth-order valence-electron chi connectivity index (χ4n) is 1.81. The van der Waals surface area contributed by atoms with Crippen LogP contribution in [0.1, 0.15) is 16.8 Å². The largest absolute Gasteiger partial charge is 0.484 e. The number of carbonyl (C=O) groups is 2. The second kappa shape index (κ2) is 9.19. The van der Waals surface area contributed by atoms with E-state index in [9.17, 15) is 14.0 Å². The number of benzene rings is 1. The zero-order chi connectivity index (χ0) is 18.2. The first-order valence-corrected chi connectivity index (χ1v) is 8.63. The molecule has 0 aliphatic rings. The highest BCUT2D eigenvalue weighted by molar-refractivity contribution is 7.08. The molecule has 0 aliphatic heterocycles. The van der Waals surface area contributed by atoms with E-state index in [-0.39, 0.29) is 29.2 Å². The molecule has 0 spiro atoms. The minimum atomic E-state index is -0.614. The maximum atomic E-state index is 13.2. The Morgan fingerprint density at radius 2 is 2.12 bits per heavy atom. The van der Waals surface area contributed by atoms with Crippen molar-refractivity contribution in [1.29, 1.82) is 0 Å². The molecule has 1 heterocycles. The molecule has 0 saturated heterocycles. The van der Waals surface area contributed by atoms with E-state index in [1.54, 1.807) is 11.4 Å². The van der Waals surface area contributed by atoms with Crippen LogP contribution in [0, 0.1) is 5.82 Å². The van der Waals surface area contributed by atoms with Crippen molar-refractivity contribution in [2.45, 2.75) is 6.42 Å². The molecule has 0 fully saturated rings. The summed E-state index contributed by atoms with van der Waals surface area (Å²) >= 11 is 6.99. The Labute approximate surface area is 153 Å². The zero-order valence-electron chi connectivity index (χ0n) is 13.2. The Balaban J connectivity index is 1.65. The minimum absolute atomic E-state index is 0.0141. The van der Waals surface area contributed by atoms with Crippen LogP contribution in [-0.4, -0.2) is 25.0 Å². The molecule has 1 aromatic carbocycles. The van der Waals surface area contributed by atoms with E-state index in [1.807, 2.05) is 5.38 Å². The van der Waals surface area contributed by atoms with Crippen LogP contribution in [0.15, 0.2) is 47.3 Å². The zero-order valence-corrected chi connectivity index (χ0v) is 14.8. The average Bonchev–Trinajstić information content (AvgIpc) is 3.10. The quantitative estimate of drug-likeness (QED) is 0.735. The van der Waals surface area contributed by atoms with E-state index in [0.717, 1.165) is 6.07 Å². The van der Waals surface area contributed by atoms with Gasteiger partial charge in [0.1, 0.15) is 11.6 Å². The van der Waals surface area contributed by atoms with Gasteiger partial charge >= 0.3 is 0 Å². The summed E-state index contributed by atoms with van der Waals surface area (Å²) in [6.45, 7) is 3.78. The van der Waals surface area contributed by atoms with Gasteiger partial charge in [0.25, 0.3) is 11.8 Å². The molecule has 25 heavy (non-hydrogen) atoms. The van der Waals surface area contributed by atoms with E-state index in [1.165, 1.54) is 23.5 Å². The fraction of sp³-hybridized carbons (Fsp3) is 0.176. The van der Waals surface area contributed by atoms with Crippen molar-refractivity contribution in [3.05, 3.63) is 63.7 Å². The van der Waals surface area contributed by atoms with Gasteiger partial charge in [0, 0.05) is 30.1 Å². The van der Waals surface area contributed by atoms with Gasteiger partial charge in [0.05, 0.1) is 10.6 Å². The van der Waals surface area contributed by atoms with Crippen molar-refractivity contribution in [1.82, 2.24) is 10.6 Å². The Bertz CT molecular complexity index is 765. The van der Waals surface area contributed by atoms with Crippen molar-refractivity contribution < 1.29 is 18.7 Å². The molecule has 0 bridgehead atoms. The summed E-state index contributed by atoms with van der Waals surface area (Å²) in [5, 5.41) is 8.82. The van der Waals surface area contributed by atoms with Crippen molar-refractivity contribution in [2.75, 3.05) is 13.2 Å². The maximum absolute atomic E-state index is 13.2. The molecule has 0 saturated carbocycles. The first kappa shape index (κ1) is 19.0. The summed E-state index contributed by atoms with van der Waals surface area (Å²) in [5.41, 5.74) is 1.07. The van der Waals surface area contributed by atoms with Crippen LogP contribution in [0.3, 0.4) is 0 Å². The summed E-state index contributed by atoms with van der Waals surface area (Å²) in [6, 6.07) is 5.65. The van der Waals surface area contributed by atoms with E-state index in [0.29, 0.717) is 24.2 Å². The Hall–Kier alpha value is -2.38. The standard InChI is InChI=1S/C17H16ClFN2O3S/c1-11(21-17(23)12-5-7-25-10-12)4-6-20-16(22)9-24-13-2-3-14(18)15(19)8-13/h2-3,5,7-8,10H,1,4,6,9H2,(H,20,22)(H,21,23). The smallest absolute Gasteiger partial charge is 0.257 e. The van der Waals surface area contributed by atoms with Crippen LogP contribution in [0.25, 0.3) is 0 Å². The van der Waals surface area contributed by atoms with Gasteiger partial charge in [-0.2, -0.15) is 11.3 Å². The highest BCUT2D eigenvalue weighted by atomic mass is 35.5. The van der Waals surface area contributed by atoms with E-state index in [2.05, 4.69) is 17.2 Å². The third-order valence-corrected chi connectivity index (χ3v) is 4.07. The lowest BCUT2D eigenvalue weighted by Gasteiger charge is -2.10. The molecule has 0 radical (unpaired) electrons. The molecule has 0 aliphatic carbocycles. The van der Waals surface area contributed by atoms with Crippen LogP contribution in [0.4, 0.5) is 4.39 Å². The van der Waals surface area contributed by atoms with Gasteiger partial charge in [0.15, 0.2) is 6.61 Å². The number of halogens is 2. The fourth-order valence-corrected chi connectivity index (χ4v) is 2.56. The van der Waals surface area contributed by atoms with Gasteiger partial charge in [-0.05, 0) is 23.6 Å². The first-order valence-electron chi connectivity index (χ1n) is 7.31. The summed E-state index contributed by atoms with van der Waals surface area (Å²) in [4.78, 5) is 23.5. The molecular formula is C17H16ClFN2O3S. The molecule has 132 valence electrons. The highest BCUT2D eigenvalue weighted by Crippen LogP contribution is 2.20. The van der Waals surface area contributed by atoms with Gasteiger partial charge in [-0.15, -0.1) is 0 Å². The second-order valence-corrected chi connectivity index (χ2v) is 6.22. The number of nitrogens with one attached hydrogen (secondary N) is 2. The van der Waals surface area contributed by atoms with Crippen molar-refractivity contribution in [3.8, 4) is 5.75 Å². The molecule has 0 atom stereocenters. The Morgan fingerprint density at radius 1 is 1.32 bits per heavy atom. The molecular weight excluding hydrogens is 367 g/mol. The number of carbonyl (C=O) groups excluding carboxylic acids is 2. The lowest BCUT2D eigenvalue weighted by molar-refractivity contribution is -0.123. The normalized spacial score (nSPS) is 10.2. The highest BCUT2D eigenvalue weighted by Gasteiger charge is 2.08. The number of amides is 2. The van der Waals surface area contributed by atoms with Crippen molar-refractivity contribution >= 4 is 34.8 Å². The van der Waals surface area contributed by atoms with Crippen molar-refractivity contribution in [2.24, 2.45) is 0 Å². The Morgan fingerprint density at radius 3 is 2.80 bits per heavy atom. The minimum Gasteiger partial charge on any atom is -0.484 e. The molecule has 2 aromatic rings. The van der Waals surface area contributed by atoms with Crippen LogP contribution >= 0.6 is 22.9 Å². The summed E-state index contributed by atoms with van der Waals surface area (Å²) in [6.07, 6.45) is 0.386. The second-order valence-electron chi connectivity index (χ2n) is 5.03. The molecule has 1 aromatic heterocycles. The number of hydrogen-bond donors (Lipinski definition) is 2. The topological polar surface area (TPSA) is 67.4 Å². The maximum Gasteiger partial charge on any atom is 0.257 e. The van der Waals surface area contributed by atoms with Gasteiger partial charge in [-0.1, -0.05) is 18.2 Å². The number of rotatable bonds is 8. The molecule has 2 rings (SSSR count). The first-order chi connectivity index (χ1) is 12.0. The van der Waals surface area contributed by atoms with Gasteiger partial charge in [0.2, 0.25) is 0 Å². The third-order valence-electron chi connectivity index (χ3n) is 3.08. The Kier molecular flexibility index (Phi) is 6.97. The summed E-state index contributed by atoms with van der Waals surface area (Å²) in [7, 11) is 0. The van der Waals surface area contributed by atoms with Gasteiger partial charge in [-0.3, -0.25) is 9.59 Å². The third kappa shape index (κ3) is 6.21. The number of ether oxygens (including phenoxy) is 1. The number of hydrogen-bond acceptors (Lipinski definition) is 4. The number of thiophene rings is 1. The summed E-state index contributed by atoms with van der Waals surface area (Å²) in [5.74, 6) is -1.00. The molecule has 0 unspecified atom stereocenters. The van der Waals surface area contributed by atoms with E-state index < -0.39 is 5.82 Å². The SMILES string of the molecule is C=C(CCNC(=O)COc1ccc(Cl)c(F)c1)NC(=O)c1ccsc1. The van der Waals surface area contributed by atoms with Gasteiger partial charge < -0.3 is 15.4 Å². The lowest BCUT2D eigenvalue weighted by Crippen LogP contribution is -2.31. The average molecular weight is 383 g/mol. The predicted molar refractivity (Wildman–Crippen MR) is 95.5 cm³/mol. The van der Waals surface area contributed by atoms with Crippen LogP contribution < -0.4 is 15.4 Å². The predicted octanol–water partition coefficient (Wildman–Crippen LogP) is 3.37. The molecule has 5 nitrogen and oxygen atoms in total. The van der Waals surface area contributed by atoms with Crippen LogP contribution in [0.2, 0.25) is 5.02 Å². The summed E-state index contributed by atoms with van der Waals surface area (Å²) < 4.78 is 18.4. The molecule has 2 amide bonds. The van der Waals surface area contributed by atoms with Crippen LogP contribution in [-0.2, 0) is 4.79 Å². The molecule has 8 heteroatoms. The molecule has 2 N–H and O–H groups in total. The van der Waals surface area contributed by atoms with E-state index in [4.69, 9.17) is 16.3 Å². The van der Waals surface area contributed by atoms with E-state index >= 15 is 0 Å². The van der Waals surface area contributed by atoms with Crippen LogP contribution in [0.5, 0.6) is 5.75 Å².